The third kappa shape index (κ3) is 5.37. The Hall–Kier alpha value is -2.77. The first-order chi connectivity index (χ1) is 12.4. The van der Waals surface area contributed by atoms with Crippen LogP contribution in [0.4, 0.5) is 4.79 Å². The minimum Gasteiger partial charge on any atom is -0.497 e. The van der Waals surface area contributed by atoms with Crippen LogP contribution < -0.4 is 15.4 Å². The van der Waals surface area contributed by atoms with Crippen molar-refractivity contribution in [1.82, 2.24) is 15.5 Å². The van der Waals surface area contributed by atoms with Crippen LogP contribution in [-0.2, 0) is 4.79 Å². The minimum atomic E-state index is -0.874. The Morgan fingerprint density at radius 3 is 2.42 bits per heavy atom. The third-order valence-corrected chi connectivity index (χ3v) is 4.34. The molecule has 1 saturated heterocycles. The molecule has 1 fully saturated rings. The lowest BCUT2D eigenvalue weighted by Gasteiger charge is -2.34. The number of carbonyl (C=O) groups excluding carboxylic acids is 2. The Balaban J connectivity index is 1.73. The topological polar surface area (TPSA) is 108 Å². The van der Waals surface area contributed by atoms with E-state index in [0.717, 1.165) is 0 Å². The molecule has 3 amide bonds. The number of carbonyl (C=O) groups is 3. The molecule has 0 saturated carbocycles. The number of aliphatic carboxylic acids is 1. The maximum Gasteiger partial charge on any atom is 0.317 e. The van der Waals surface area contributed by atoms with Crippen molar-refractivity contribution in [2.75, 3.05) is 33.3 Å². The van der Waals surface area contributed by atoms with Gasteiger partial charge in [0.25, 0.3) is 5.91 Å². The van der Waals surface area contributed by atoms with E-state index in [2.05, 4.69) is 10.6 Å². The van der Waals surface area contributed by atoms with E-state index in [4.69, 9.17) is 9.84 Å². The first kappa shape index (κ1) is 19.6. The number of amides is 3. The number of nitrogens with one attached hydrogen (secondary N) is 2. The predicted octanol–water partition coefficient (Wildman–Crippen LogP) is 1.18. The Kier molecular flexibility index (Phi) is 6.82. The van der Waals surface area contributed by atoms with Gasteiger partial charge < -0.3 is 25.4 Å². The van der Waals surface area contributed by atoms with E-state index in [1.165, 1.54) is 4.90 Å². The molecule has 1 aromatic carbocycles. The van der Waals surface area contributed by atoms with Gasteiger partial charge >= 0.3 is 12.0 Å². The summed E-state index contributed by atoms with van der Waals surface area (Å²) in [6.07, 6.45) is 0.580. The lowest BCUT2D eigenvalue weighted by molar-refractivity contribution is -0.143. The van der Waals surface area contributed by atoms with Crippen molar-refractivity contribution in [2.45, 2.75) is 13.3 Å². The van der Waals surface area contributed by atoms with Gasteiger partial charge in [0, 0.05) is 31.7 Å². The molecule has 26 heavy (non-hydrogen) atoms. The Labute approximate surface area is 152 Å². The van der Waals surface area contributed by atoms with Crippen LogP contribution in [0.25, 0.3) is 0 Å². The Morgan fingerprint density at radius 1 is 1.15 bits per heavy atom. The van der Waals surface area contributed by atoms with Crippen LogP contribution in [0.3, 0.4) is 0 Å². The van der Waals surface area contributed by atoms with Gasteiger partial charge in [-0.05, 0) is 36.6 Å². The number of piperidine rings is 1. The first-order valence-corrected chi connectivity index (χ1v) is 8.58. The summed E-state index contributed by atoms with van der Waals surface area (Å²) in [6.45, 7) is 3.23. The summed E-state index contributed by atoms with van der Waals surface area (Å²) in [7, 11) is 1.56. The number of hydrogen-bond donors (Lipinski definition) is 3. The summed E-state index contributed by atoms with van der Waals surface area (Å²) in [6, 6.07) is 6.42. The maximum atomic E-state index is 12.2. The number of carboxylic acid groups (broad SMARTS) is 1. The highest BCUT2D eigenvalue weighted by Gasteiger charge is 2.31. The lowest BCUT2D eigenvalue weighted by Crippen LogP contribution is -2.50. The van der Waals surface area contributed by atoms with Crippen molar-refractivity contribution in [3.05, 3.63) is 29.8 Å². The molecule has 0 radical (unpaired) electrons. The predicted molar refractivity (Wildman–Crippen MR) is 95.2 cm³/mol. The number of hydrogen-bond acceptors (Lipinski definition) is 4. The second-order valence-electron chi connectivity index (χ2n) is 6.50. The van der Waals surface area contributed by atoms with E-state index >= 15 is 0 Å². The largest absolute Gasteiger partial charge is 0.497 e. The van der Waals surface area contributed by atoms with E-state index in [-0.39, 0.29) is 37.5 Å². The number of likely N-dealkylation sites (tertiary alicyclic amines) is 1. The van der Waals surface area contributed by atoms with Gasteiger partial charge in [-0.15, -0.1) is 0 Å². The smallest absolute Gasteiger partial charge is 0.317 e. The van der Waals surface area contributed by atoms with Crippen molar-refractivity contribution in [3.63, 3.8) is 0 Å². The molecule has 1 aliphatic heterocycles. The van der Waals surface area contributed by atoms with E-state index < -0.39 is 11.9 Å². The number of benzene rings is 1. The molecule has 3 N–H and O–H groups in total. The fraction of sp³-hybridized carbons (Fsp3) is 0.500. The van der Waals surface area contributed by atoms with Crippen LogP contribution in [0.15, 0.2) is 24.3 Å². The number of rotatable bonds is 6. The van der Waals surface area contributed by atoms with Crippen LogP contribution in [0.5, 0.6) is 5.75 Å². The van der Waals surface area contributed by atoms with Crippen molar-refractivity contribution in [1.29, 1.82) is 0 Å². The highest BCUT2D eigenvalue weighted by atomic mass is 16.5. The molecular weight excluding hydrogens is 338 g/mol. The third-order valence-electron chi connectivity index (χ3n) is 4.34. The number of nitrogens with zero attached hydrogens (tertiary/aromatic N) is 1. The molecule has 1 aromatic rings. The summed E-state index contributed by atoms with van der Waals surface area (Å²) < 4.78 is 5.04. The first-order valence-electron chi connectivity index (χ1n) is 8.58. The van der Waals surface area contributed by atoms with E-state index in [1.54, 1.807) is 31.4 Å². The fourth-order valence-electron chi connectivity index (χ4n) is 3.00. The molecule has 2 atom stereocenters. The molecule has 8 nitrogen and oxygen atoms in total. The molecule has 2 unspecified atom stereocenters. The van der Waals surface area contributed by atoms with Gasteiger partial charge in [-0.1, -0.05) is 6.92 Å². The number of methoxy groups -OCH3 is 1. The van der Waals surface area contributed by atoms with Gasteiger partial charge in [-0.2, -0.15) is 0 Å². The quantitative estimate of drug-likeness (QED) is 0.658. The zero-order chi connectivity index (χ0) is 19.1. The normalized spacial score (nSPS) is 19.5. The summed E-state index contributed by atoms with van der Waals surface area (Å²) in [5.41, 5.74) is 0.506. The van der Waals surface area contributed by atoms with Gasteiger partial charge in [0.1, 0.15) is 5.75 Å². The van der Waals surface area contributed by atoms with Crippen molar-refractivity contribution < 1.29 is 24.2 Å². The monoisotopic (exact) mass is 363 g/mol. The molecule has 0 aromatic heterocycles. The molecular formula is C18H25N3O5. The van der Waals surface area contributed by atoms with Gasteiger partial charge in [0.05, 0.1) is 13.0 Å². The molecule has 1 heterocycles. The summed E-state index contributed by atoms with van der Waals surface area (Å²) in [5.74, 6) is -0.825. The van der Waals surface area contributed by atoms with Crippen LogP contribution in [0.1, 0.15) is 23.7 Å². The molecule has 2 rings (SSSR count). The molecule has 1 aliphatic rings. The standard InChI is InChI=1S/C18H25N3O5/c1-12-9-14(17(23)24)11-21(10-12)18(25)20-8-7-19-16(22)13-3-5-15(26-2)6-4-13/h3-6,12,14H,7-11H2,1-2H3,(H,19,22)(H,20,25)(H,23,24). The molecule has 8 heteroatoms. The van der Waals surface area contributed by atoms with Crippen molar-refractivity contribution in [2.24, 2.45) is 11.8 Å². The van der Waals surface area contributed by atoms with Gasteiger partial charge in [-0.25, -0.2) is 4.79 Å². The molecule has 142 valence electrons. The minimum absolute atomic E-state index is 0.144. The van der Waals surface area contributed by atoms with Crippen LogP contribution in [-0.4, -0.2) is 61.2 Å². The SMILES string of the molecule is COc1ccc(C(=O)NCCNC(=O)N2CC(C)CC(C(=O)O)C2)cc1. The Morgan fingerprint density at radius 2 is 1.81 bits per heavy atom. The summed E-state index contributed by atoms with van der Waals surface area (Å²) in [5, 5.41) is 14.6. The zero-order valence-electron chi connectivity index (χ0n) is 15.0. The second-order valence-corrected chi connectivity index (χ2v) is 6.50. The Bertz CT molecular complexity index is 647. The fourth-order valence-corrected chi connectivity index (χ4v) is 3.00. The van der Waals surface area contributed by atoms with Crippen LogP contribution in [0, 0.1) is 11.8 Å². The van der Waals surface area contributed by atoms with Crippen molar-refractivity contribution >= 4 is 17.9 Å². The summed E-state index contributed by atoms with van der Waals surface area (Å²) >= 11 is 0. The maximum absolute atomic E-state index is 12.2. The number of ether oxygens (including phenoxy) is 1. The highest BCUT2D eigenvalue weighted by molar-refractivity contribution is 5.94. The average Bonchev–Trinajstić information content (AvgIpc) is 2.64. The van der Waals surface area contributed by atoms with Crippen LogP contribution in [0.2, 0.25) is 0 Å². The van der Waals surface area contributed by atoms with Gasteiger partial charge in [0.2, 0.25) is 0 Å². The van der Waals surface area contributed by atoms with E-state index in [9.17, 15) is 14.4 Å². The lowest BCUT2D eigenvalue weighted by atomic mass is 9.91. The van der Waals surface area contributed by atoms with Gasteiger partial charge in [-0.3, -0.25) is 9.59 Å². The number of carboxylic acids is 1. The van der Waals surface area contributed by atoms with E-state index in [1.807, 2.05) is 6.92 Å². The zero-order valence-corrected chi connectivity index (χ0v) is 15.0. The van der Waals surface area contributed by atoms with E-state index in [0.29, 0.717) is 24.3 Å². The van der Waals surface area contributed by atoms with Gasteiger partial charge in [0.15, 0.2) is 0 Å². The van der Waals surface area contributed by atoms with Crippen LogP contribution >= 0.6 is 0 Å². The molecule has 0 bridgehead atoms. The second kappa shape index (κ2) is 9.07. The summed E-state index contributed by atoms with van der Waals surface area (Å²) in [4.78, 5) is 36.9. The highest BCUT2D eigenvalue weighted by Crippen LogP contribution is 2.21. The average molecular weight is 363 g/mol. The van der Waals surface area contributed by atoms with Crippen molar-refractivity contribution in [3.8, 4) is 5.75 Å². The number of urea groups is 1. The molecule has 0 aliphatic carbocycles. The molecule has 0 spiro atoms.